The zero-order valence-electron chi connectivity index (χ0n) is 11.2. The number of alkyl halides is 1. The second-order valence-electron chi connectivity index (χ2n) is 5.14. The number of hydrogen-bond donors (Lipinski definition) is 1. The summed E-state index contributed by atoms with van der Waals surface area (Å²) in [4.78, 5) is 4.28. The third-order valence-electron chi connectivity index (χ3n) is 2.73. The van der Waals surface area contributed by atoms with E-state index >= 15 is 0 Å². The summed E-state index contributed by atoms with van der Waals surface area (Å²) in [5.41, 5.74) is 0. The molecule has 5 heteroatoms. The van der Waals surface area contributed by atoms with Crippen molar-refractivity contribution in [3.8, 4) is 0 Å². The maximum absolute atomic E-state index is 5.92. The van der Waals surface area contributed by atoms with Crippen LogP contribution in [0.4, 0.5) is 0 Å². The molecule has 17 heavy (non-hydrogen) atoms. The van der Waals surface area contributed by atoms with Crippen LogP contribution in [0, 0.1) is 11.8 Å². The van der Waals surface area contributed by atoms with E-state index in [1.54, 1.807) is 6.33 Å². The number of halogens is 1. The predicted octanol–water partition coefficient (Wildman–Crippen LogP) is 2.29. The molecule has 1 atom stereocenters. The minimum absolute atomic E-state index is 0.320. The van der Waals surface area contributed by atoms with Crippen molar-refractivity contribution >= 4 is 11.6 Å². The SMILES string of the molecule is CC(C)Cn1ncnc1CNC(CCl)C(C)C. The van der Waals surface area contributed by atoms with Crippen molar-refractivity contribution in [2.24, 2.45) is 11.8 Å². The lowest BCUT2D eigenvalue weighted by atomic mass is 10.1. The number of hydrogen-bond acceptors (Lipinski definition) is 3. The topological polar surface area (TPSA) is 42.7 Å². The van der Waals surface area contributed by atoms with E-state index in [1.807, 2.05) is 4.68 Å². The fraction of sp³-hybridized carbons (Fsp3) is 0.833. The van der Waals surface area contributed by atoms with Gasteiger partial charge in [-0.1, -0.05) is 27.7 Å². The molecule has 1 aromatic rings. The molecule has 98 valence electrons. The van der Waals surface area contributed by atoms with Gasteiger partial charge in [0.2, 0.25) is 0 Å². The summed E-state index contributed by atoms with van der Waals surface area (Å²) in [6, 6.07) is 0.320. The van der Waals surface area contributed by atoms with Gasteiger partial charge in [0.05, 0.1) is 6.54 Å². The summed E-state index contributed by atoms with van der Waals surface area (Å²) >= 11 is 5.92. The van der Waals surface area contributed by atoms with Crippen molar-refractivity contribution in [3.63, 3.8) is 0 Å². The van der Waals surface area contributed by atoms with E-state index in [0.717, 1.165) is 18.9 Å². The highest BCUT2D eigenvalue weighted by molar-refractivity contribution is 6.18. The van der Waals surface area contributed by atoms with Gasteiger partial charge in [-0.25, -0.2) is 9.67 Å². The van der Waals surface area contributed by atoms with Gasteiger partial charge >= 0.3 is 0 Å². The molecular formula is C12H23ClN4. The lowest BCUT2D eigenvalue weighted by Gasteiger charge is -2.19. The molecule has 4 nitrogen and oxygen atoms in total. The molecule has 0 aromatic carbocycles. The van der Waals surface area contributed by atoms with Crippen LogP contribution in [0.5, 0.6) is 0 Å². The zero-order chi connectivity index (χ0) is 12.8. The number of rotatable bonds is 7. The van der Waals surface area contributed by atoms with E-state index in [0.29, 0.717) is 23.8 Å². The Hall–Kier alpha value is -0.610. The molecule has 1 aromatic heterocycles. The van der Waals surface area contributed by atoms with E-state index in [9.17, 15) is 0 Å². The van der Waals surface area contributed by atoms with Gasteiger partial charge < -0.3 is 5.32 Å². The minimum atomic E-state index is 0.320. The highest BCUT2D eigenvalue weighted by Gasteiger charge is 2.13. The van der Waals surface area contributed by atoms with Gasteiger partial charge in [0, 0.05) is 18.5 Å². The van der Waals surface area contributed by atoms with Crippen LogP contribution in [-0.2, 0) is 13.1 Å². The van der Waals surface area contributed by atoms with Crippen LogP contribution in [0.15, 0.2) is 6.33 Å². The summed E-state index contributed by atoms with van der Waals surface area (Å²) < 4.78 is 1.96. The Morgan fingerprint density at radius 1 is 1.35 bits per heavy atom. The maximum Gasteiger partial charge on any atom is 0.140 e. The van der Waals surface area contributed by atoms with Crippen LogP contribution >= 0.6 is 11.6 Å². The molecule has 1 heterocycles. The van der Waals surface area contributed by atoms with Gasteiger partial charge in [0.15, 0.2) is 0 Å². The van der Waals surface area contributed by atoms with Crippen molar-refractivity contribution in [2.75, 3.05) is 5.88 Å². The van der Waals surface area contributed by atoms with Crippen molar-refractivity contribution in [2.45, 2.75) is 46.8 Å². The first kappa shape index (κ1) is 14.5. The first-order valence-corrected chi connectivity index (χ1v) is 6.74. The summed E-state index contributed by atoms with van der Waals surface area (Å²) in [7, 11) is 0. The van der Waals surface area contributed by atoms with E-state index in [-0.39, 0.29) is 0 Å². The van der Waals surface area contributed by atoms with E-state index < -0.39 is 0 Å². The van der Waals surface area contributed by atoms with Crippen molar-refractivity contribution < 1.29 is 0 Å². The molecule has 0 amide bonds. The number of nitrogens with zero attached hydrogens (tertiary/aromatic N) is 3. The van der Waals surface area contributed by atoms with Crippen molar-refractivity contribution in [1.82, 2.24) is 20.1 Å². The number of aromatic nitrogens is 3. The Balaban J connectivity index is 2.53. The van der Waals surface area contributed by atoms with Crippen LogP contribution in [-0.4, -0.2) is 26.7 Å². The molecule has 1 N–H and O–H groups in total. The minimum Gasteiger partial charge on any atom is -0.306 e. The Bertz CT molecular complexity index is 322. The van der Waals surface area contributed by atoms with Crippen molar-refractivity contribution in [1.29, 1.82) is 0 Å². The number of nitrogens with one attached hydrogen (secondary N) is 1. The standard InChI is InChI=1S/C12H23ClN4/c1-9(2)7-17-12(15-8-16-17)6-14-11(5-13)10(3)4/h8-11,14H,5-7H2,1-4H3. The summed E-state index contributed by atoms with van der Waals surface area (Å²) in [6.45, 7) is 10.3. The fourth-order valence-corrected chi connectivity index (χ4v) is 2.08. The van der Waals surface area contributed by atoms with Crippen LogP contribution in [0.3, 0.4) is 0 Å². The van der Waals surface area contributed by atoms with Gasteiger partial charge in [0.25, 0.3) is 0 Å². The van der Waals surface area contributed by atoms with E-state index in [2.05, 4.69) is 43.1 Å². The lowest BCUT2D eigenvalue weighted by Crippen LogP contribution is -2.35. The summed E-state index contributed by atoms with van der Waals surface area (Å²) in [5, 5.41) is 7.67. The molecule has 0 aliphatic carbocycles. The Morgan fingerprint density at radius 3 is 2.59 bits per heavy atom. The Morgan fingerprint density at radius 2 is 2.06 bits per heavy atom. The third kappa shape index (κ3) is 4.64. The van der Waals surface area contributed by atoms with Crippen LogP contribution in [0.25, 0.3) is 0 Å². The molecule has 1 unspecified atom stereocenters. The van der Waals surface area contributed by atoms with E-state index in [1.165, 1.54) is 0 Å². The fourth-order valence-electron chi connectivity index (χ4n) is 1.61. The van der Waals surface area contributed by atoms with Crippen molar-refractivity contribution in [3.05, 3.63) is 12.2 Å². The molecule has 0 saturated heterocycles. The van der Waals surface area contributed by atoms with Crippen LogP contribution in [0.2, 0.25) is 0 Å². The molecule has 0 aliphatic rings. The van der Waals surface area contributed by atoms with Gasteiger partial charge in [-0.2, -0.15) is 5.10 Å². The van der Waals surface area contributed by atoms with Crippen LogP contribution in [0.1, 0.15) is 33.5 Å². The molecule has 0 saturated carbocycles. The maximum atomic E-state index is 5.92. The predicted molar refractivity (Wildman–Crippen MR) is 71.0 cm³/mol. The first-order chi connectivity index (χ1) is 8.04. The van der Waals surface area contributed by atoms with Gasteiger partial charge in [-0.3, -0.25) is 0 Å². The van der Waals surface area contributed by atoms with Gasteiger partial charge in [-0.15, -0.1) is 11.6 Å². The summed E-state index contributed by atoms with van der Waals surface area (Å²) in [5.74, 6) is 2.70. The molecule has 0 fully saturated rings. The average molecular weight is 259 g/mol. The second kappa shape index (κ2) is 6.97. The third-order valence-corrected chi connectivity index (χ3v) is 3.06. The van der Waals surface area contributed by atoms with Gasteiger partial charge in [-0.05, 0) is 11.8 Å². The highest BCUT2D eigenvalue weighted by Crippen LogP contribution is 2.06. The molecule has 0 spiro atoms. The lowest BCUT2D eigenvalue weighted by molar-refractivity contribution is 0.405. The average Bonchev–Trinajstić information content (AvgIpc) is 2.65. The molecule has 1 rings (SSSR count). The van der Waals surface area contributed by atoms with E-state index in [4.69, 9.17) is 11.6 Å². The Labute approximate surface area is 109 Å². The quantitative estimate of drug-likeness (QED) is 0.763. The Kier molecular flexibility index (Phi) is 5.92. The highest BCUT2D eigenvalue weighted by atomic mass is 35.5. The van der Waals surface area contributed by atoms with Crippen LogP contribution < -0.4 is 5.32 Å². The zero-order valence-corrected chi connectivity index (χ0v) is 11.9. The second-order valence-corrected chi connectivity index (χ2v) is 5.45. The monoisotopic (exact) mass is 258 g/mol. The summed E-state index contributed by atoms with van der Waals surface area (Å²) in [6.07, 6.45) is 1.62. The molecular weight excluding hydrogens is 236 g/mol. The first-order valence-electron chi connectivity index (χ1n) is 6.20. The largest absolute Gasteiger partial charge is 0.306 e. The normalized spacial score (nSPS) is 13.6. The molecule has 0 aliphatic heterocycles. The molecule has 0 radical (unpaired) electrons. The van der Waals surface area contributed by atoms with Gasteiger partial charge in [0.1, 0.15) is 12.2 Å². The molecule has 0 bridgehead atoms. The smallest absolute Gasteiger partial charge is 0.140 e.